The van der Waals surface area contributed by atoms with Gasteiger partial charge in [0, 0.05) is 24.7 Å². The van der Waals surface area contributed by atoms with Crippen molar-refractivity contribution in [2.75, 3.05) is 6.54 Å². The van der Waals surface area contributed by atoms with E-state index in [0.717, 1.165) is 11.1 Å². The Bertz CT molecular complexity index is 711. The van der Waals surface area contributed by atoms with E-state index in [1.165, 1.54) is 23.4 Å². The Morgan fingerprint density at radius 2 is 2.00 bits per heavy atom. The average Bonchev–Trinajstić information content (AvgIpc) is 3.13. The molecular formula is C18H21F2N3O. The van der Waals surface area contributed by atoms with Crippen molar-refractivity contribution >= 4 is 5.91 Å². The van der Waals surface area contributed by atoms with Crippen LogP contribution in [0.5, 0.6) is 0 Å². The molecule has 0 radical (unpaired) electrons. The first-order chi connectivity index (χ1) is 11.5. The van der Waals surface area contributed by atoms with Crippen molar-refractivity contribution in [3.63, 3.8) is 0 Å². The third kappa shape index (κ3) is 3.32. The maximum atomic E-state index is 12.8. The number of amides is 1. The second-order valence-electron chi connectivity index (χ2n) is 6.44. The summed E-state index contributed by atoms with van der Waals surface area (Å²) in [7, 11) is 0. The van der Waals surface area contributed by atoms with Gasteiger partial charge >= 0.3 is 0 Å². The summed E-state index contributed by atoms with van der Waals surface area (Å²) in [4.78, 5) is 14.5. The molecule has 0 spiro atoms. The summed E-state index contributed by atoms with van der Waals surface area (Å²) in [5.74, 6) is 0.0475. The second kappa shape index (κ2) is 6.71. The predicted molar refractivity (Wildman–Crippen MR) is 87.3 cm³/mol. The summed E-state index contributed by atoms with van der Waals surface area (Å²) in [5.41, 5.74) is 2.64. The fourth-order valence-corrected chi connectivity index (χ4v) is 3.33. The topological polar surface area (TPSA) is 38.1 Å². The summed E-state index contributed by atoms with van der Waals surface area (Å²) in [5, 5.41) is 3.85. The number of hydrogen-bond acceptors (Lipinski definition) is 2. The molecule has 3 rings (SSSR count). The highest BCUT2D eigenvalue weighted by atomic mass is 19.3. The van der Waals surface area contributed by atoms with Crippen molar-refractivity contribution in [2.45, 2.75) is 45.2 Å². The van der Waals surface area contributed by atoms with E-state index >= 15 is 0 Å². The van der Waals surface area contributed by atoms with Crippen molar-refractivity contribution in [3.05, 3.63) is 53.3 Å². The highest BCUT2D eigenvalue weighted by molar-refractivity contribution is 5.93. The molecule has 128 valence electrons. The summed E-state index contributed by atoms with van der Waals surface area (Å²) in [6.45, 7) is 4.08. The molecule has 2 unspecified atom stereocenters. The van der Waals surface area contributed by atoms with Crippen LogP contribution in [0.3, 0.4) is 0 Å². The largest absolute Gasteiger partial charge is 0.334 e. The van der Waals surface area contributed by atoms with E-state index < -0.39 is 13.0 Å². The lowest BCUT2D eigenvalue weighted by molar-refractivity contribution is 0.0720. The average molecular weight is 333 g/mol. The fourth-order valence-electron chi connectivity index (χ4n) is 3.33. The summed E-state index contributed by atoms with van der Waals surface area (Å²) in [6, 6.07) is 9.92. The van der Waals surface area contributed by atoms with E-state index in [2.05, 4.69) is 29.4 Å². The van der Waals surface area contributed by atoms with E-state index in [0.29, 0.717) is 6.54 Å². The molecule has 0 bridgehead atoms. The molecule has 1 amide bonds. The molecule has 2 heterocycles. The molecule has 1 aromatic carbocycles. The lowest BCUT2D eigenvalue weighted by Gasteiger charge is -2.22. The van der Waals surface area contributed by atoms with Gasteiger partial charge in [0.1, 0.15) is 12.2 Å². The number of aromatic nitrogens is 2. The van der Waals surface area contributed by atoms with Crippen LogP contribution in [0.1, 0.15) is 40.9 Å². The first-order valence-corrected chi connectivity index (χ1v) is 8.13. The van der Waals surface area contributed by atoms with Gasteiger partial charge in [0.15, 0.2) is 0 Å². The Kier molecular flexibility index (Phi) is 4.64. The predicted octanol–water partition coefficient (Wildman–Crippen LogP) is 3.47. The van der Waals surface area contributed by atoms with Gasteiger partial charge in [-0.1, -0.05) is 29.8 Å². The zero-order valence-electron chi connectivity index (χ0n) is 13.8. The van der Waals surface area contributed by atoms with Crippen molar-refractivity contribution in [3.8, 4) is 0 Å². The number of rotatable bonds is 4. The van der Waals surface area contributed by atoms with Gasteiger partial charge in [-0.25, -0.2) is 8.78 Å². The molecule has 1 fully saturated rings. The molecule has 2 aromatic rings. The van der Waals surface area contributed by atoms with Crippen molar-refractivity contribution in [1.29, 1.82) is 0 Å². The second-order valence-corrected chi connectivity index (χ2v) is 6.44. The smallest absolute Gasteiger partial charge is 0.272 e. The van der Waals surface area contributed by atoms with Crippen LogP contribution < -0.4 is 0 Å². The van der Waals surface area contributed by atoms with E-state index in [4.69, 9.17) is 0 Å². The Morgan fingerprint density at radius 3 is 2.67 bits per heavy atom. The zero-order chi connectivity index (χ0) is 17.3. The number of benzene rings is 1. The lowest BCUT2D eigenvalue weighted by Crippen LogP contribution is -2.35. The maximum absolute atomic E-state index is 12.8. The number of alkyl halides is 2. The van der Waals surface area contributed by atoms with Gasteiger partial charge in [-0.05, 0) is 31.9 Å². The molecule has 24 heavy (non-hydrogen) atoms. The Morgan fingerprint density at radius 1 is 1.29 bits per heavy atom. The van der Waals surface area contributed by atoms with E-state index in [9.17, 15) is 13.6 Å². The number of likely N-dealkylation sites (tertiary alicyclic amines) is 1. The summed E-state index contributed by atoms with van der Waals surface area (Å²) >= 11 is 0. The highest BCUT2D eigenvalue weighted by Gasteiger charge is 2.34. The molecule has 6 heteroatoms. The van der Waals surface area contributed by atoms with E-state index in [1.54, 1.807) is 4.90 Å². The number of nitrogens with zero attached hydrogens (tertiary/aromatic N) is 3. The van der Waals surface area contributed by atoms with Crippen molar-refractivity contribution in [2.24, 2.45) is 0 Å². The molecule has 1 aliphatic heterocycles. The van der Waals surface area contributed by atoms with E-state index in [-0.39, 0.29) is 23.6 Å². The number of hydrogen-bond donors (Lipinski definition) is 0. The van der Waals surface area contributed by atoms with Crippen LogP contribution in [0.4, 0.5) is 8.78 Å². The minimum absolute atomic E-state index is 0.0682. The molecule has 0 saturated carbocycles. The molecular weight excluding hydrogens is 312 g/mol. The third-order valence-electron chi connectivity index (χ3n) is 4.63. The molecule has 0 aliphatic carbocycles. The van der Waals surface area contributed by atoms with Gasteiger partial charge in [0.05, 0.1) is 0 Å². The quantitative estimate of drug-likeness (QED) is 0.859. The minimum atomic E-state index is -2.53. The van der Waals surface area contributed by atoms with Gasteiger partial charge in [-0.2, -0.15) is 5.10 Å². The van der Waals surface area contributed by atoms with Crippen LogP contribution in [0.2, 0.25) is 0 Å². The first kappa shape index (κ1) is 16.6. The summed E-state index contributed by atoms with van der Waals surface area (Å²) < 4.78 is 26.3. The van der Waals surface area contributed by atoms with Crippen molar-refractivity contribution in [1.82, 2.24) is 14.7 Å². The van der Waals surface area contributed by atoms with Crippen LogP contribution in [0.15, 0.2) is 36.5 Å². The zero-order valence-corrected chi connectivity index (χ0v) is 13.8. The standard InChI is InChI=1S/C18H21F2N3O/c1-12-3-5-14(6-4-12)15-9-13(2)22(10-15)18(24)16-7-8-21-23(16)11-17(19)20/h3-8,13,15,17H,9-11H2,1-2H3. The number of carbonyl (C=O) groups excluding carboxylic acids is 1. The van der Waals surface area contributed by atoms with Gasteiger partial charge in [-0.3, -0.25) is 9.48 Å². The normalized spacial score (nSPS) is 20.8. The van der Waals surface area contributed by atoms with Crippen molar-refractivity contribution < 1.29 is 13.6 Å². The maximum Gasteiger partial charge on any atom is 0.272 e. The monoisotopic (exact) mass is 333 g/mol. The van der Waals surface area contributed by atoms with Crippen LogP contribution in [-0.2, 0) is 6.54 Å². The van der Waals surface area contributed by atoms with Crippen LogP contribution in [-0.4, -0.2) is 39.6 Å². The number of halogens is 2. The fraction of sp³-hybridized carbons (Fsp3) is 0.444. The minimum Gasteiger partial charge on any atom is -0.334 e. The van der Waals surface area contributed by atoms with Crippen LogP contribution in [0.25, 0.3) is 0 Å². The molecule has 4 nitrogen and oxygen atoms in total. The van der Waals surface area contributed by atoms with Gasteiger partial charge in [0.25, 0.3) is 12.3 Å². The number of carbonyl (C=O) groups is 1. The third-order valence-corrected chi connectivity index (χ3v) is 4.63. The SMILES string of the molecule is Cc1ccc(C2CC(C)N(C(=O)c3ccnn3CC(F)F)C2)cc1. The van der Waals surface area contributed by atoms with Gasteiger partial charge < -0.3 is 4.90 Å². The lowest BCUT2D eigenvalue weighted by atomic mass is 9.96. The van der Waals surface area contributed by atoms with Gasteiger partial charge in [0.2, 0.25) is 0 Å². The molecule has 1 aromatic heterocycles. The molecule has 1 aliphatic rings. The summed E-state index contributed by atoms with van der Waals surface area (Å²) in [6.07, 6.45) is -0.265. The number of aryl methyl sites for hydroxylation is 1. The Labute approximate surface area is 140 Å². The molecule has 0 N–H and O–H groups in total. The Balaban J connectivity index is 1.76. The van der Waals surface area contributed by atoms with Crippen LogP contribution in [0, 0.1) is 6.92 Å². The highest BCUT2D eigenvalue weighted by Crippen LogP contribution is 2.32. The van der Waals surface area contributed by atoms with Gasteiger partial charge in [-0.15, -0.1) is 0 Å². The van der Waals surface area contributed by atoms with Crippen LogP contribution >= 0.6 is 0 Å². The molecule has 2 atom stereocenters. The van der Waals surface area contributed by atoms with E-state index in [1.807, 2.05) is 13.8 Å². The molecule has 1 saturated heterocycles. The Hall–Kier alpha value is -2.24. The first-order valence-electron chi connectivity index (χ1n) is 8.13.